The van der Waals surface area contributed by atoms with Crippen LogP contribution in [0.1, 0.15) is 64.2 Å². The number of hydrogen-bond acceptors (Lipinski definition) is 0. The van der Waals surface area contributed by atoms with E-state index in [1.165, 1.54) is 51.3 Å². The minimum atomic E-state index is 1.12. The van der Waals surface area contributed by atoms with Crippen LogP contribution in [0.3, 0.4) is 0 Å². The summed E-state index contributed by atoms with van der Waals surface area (Å²) in [6.07, 6.45) is 16.9. The molecule has 2 rings (SSSR count). The van der Waals surface area contributed by atoms with E-state index in [1.807, 2.05) is 0 Å². The van der Waals surface area contributed by atoms with Crippen LogP contribution < -0.4 is 0 Å². The largest absolute Gasteiger partial charge is 0.124 e. The first-order valence-corrected chi connectivity index (χ1v) is 6.97. The molecule has 0 aromatic heterocycles. The predicted octanol–water partition coefficient (Wildman–Crippen LogP) is 4.17. The van der Waals surface area contributed by atoms with Crippen molar-refractivity contribution in [3.8, 4) is 0 Å². The van der Waals surface area contributed by atoms with Gasteiger partial charge in [-0.25, -0.2) is 0 Å². The van der Waals surface area contributed by atoms with Crippen molar-refractivity contribution in [2.24, 2.45) is 5.92 Å². The molecule has 1 heterocycles. The lowest BCUT2D eigenvalue weighted by atomic mass is 9.55. The molecule has 14 heavy (non-hydrogen) atoms. The van der Waals surface area contributed by atoms with Crippen LogP contribution in [0.15, 0.2) is 0 Å². The van der Waals surface area contributed by atoms with Crippen LogP contribution in [-0.4, -0.2) is 7.28 Å². The molecule has 1 aliphatic heterocycles. The molecule has 80 valence electrons. The Balaban J connectivity index is 1.83. The van der Waals surface area contributed by atoms with Crippen molar-refractivity contribution in [3.05, 3.63) is 0 Å². The Morgan fingerprint density at radius 3 is 2.07 bits per heavy atom. The lowest BCUT2D eigenvalue weighted by Gasteiger charge is -2.24. The van der Waals surface area contributed by atoms with Crippen LogP contribution >= 0.6 is 0 Å². The quantitative estimate of drug-likeness (QED) is 0.432. The summed E-state index contributed by atoms with van der Waals surface area (Å²) in [6.45, 7) is 0. The highest BCUT2D eigenvalue weighted by Crippen LogP contribution is 2.37. The highest BCUT2D eigenvalue weighted by atomic mass is 14.2. The molecule has 1 heteroatoms. The van der Waals surface area contributed by atoms with E-state index in [0.717, 1.165) is 11.7 Å². The summed E-state index contributed by atoms with van der Waals surface area (Å²) >= 11 is 0. The molecular weight excluding hydrogens is 167 g/mol. The van der Waals surface area contributed by atoms with Gasteiger partial charge in [-0.05, 0) is 5.92 Å². The zero-order valence-corrected chi connectivity index (χ0v) is 9.64. The van der Waals surface area contributed by atoms with E-state index >= 15 is 0 Å². The monoisotopic (exact) mass is 192 g/mol. The van der Waals surface area contributed by atoms with E-state index in [-0.39, 0.29) is 0 Å². The molecule has 0 nitrogen and oxygen atoms in total. The summed E-state index contributed by atoms with van der Waals surface area (Å²) in [5.74, 6) is 2.24. The Morgan fingerprint density at radius 1 is 0.643 bits per heavy atom. The molecule has 0 N–H and O–H groups in total. The Labute approximate surface area is 90.1 Å². The fraction of sp³-hybridized carbons (Fsp3) is 1.00. The molecule has 0 spiro atoms. The average molecular weight is 192 g/mol. The van der Waals surface area contributed by atoms with Gasteiger partial charge in [-0.2, -0.15) is 0 Å². The number of rotatable bonds is 1. The first-order chi connectivity index (χ1) is 6.97. The highest BCUT2D eigenvalue weighted by molar-refractivity contribution is 6.37. The lowest BCUT2D eigenvalue weighted by Crippen LogP contribution is -2.13. The Hall–Kier alpha value is 0.0649. The van der Waals surface area contributed by atoms with Crippen LogP contribution in [0.5, 0.6) is 0 Å². The van der Waals surface area contributed by atoms with Crippen LogP contribution in [0.2, 0.25) is 12.1 Å². The molecule has 1 unspecified atom stereocenters. The van der Waals surface area contributed by atoms with Gasteiger partial charge in [0.05, 0.1) is 0 Å². The zero-order chi connectivity index (χ0) is 9.64. The summed E-state index contributed by atoms with van der Waals surface area (Å²) < 4.78 is 0. The predicted molar refractivity (Wildman–Crippen MR) is 65.4 cm³/mol. The van der Waals surface area contributed by atoms with Crippen molar-refractivity contribution < 1.29 is 0 Å². The van der Waals surface area contributed by atoms with Crippen molar-refractivity contribution in [3.63, 3.8) is 0 Å². The van der Waals surface area contributed by atoms with Gasteiger partial charge in [0.15, 0.2) is 0 Å². The van der Waals surface area contributed by atoms with E-state index in [2.05, 4.69) is 0 Å². The third kappa shape index (κ3) is 3.03. The number of hydrogen-bond donors (Lipinski definition) is 0. The van der Waals surface area contributed by atoms with Gasteiger partial charge in [0.2, 0.25) is 0 Å². The van der Waals surface area contributed by atoms with Gasteiger partial charge in [-0.15, -0.1) is 0 Å². The Kier molecular flexibility index (Phi) is 4.40. The SMILES string of the molecule is B1CCCCCC1C1CCCCCC1. The lowest BCUT2D eigenvalue weighted by molar-refractivity contribution is 0.409. The summed E-state index contributed by atoms with van der Waals surface area (Å²) in [6, 6.07) is 0. The second-order valence-corrected chi connectivity index (χ2v) is 5.50. The van der Waals surface area contributed by atoms with Crippen LogP contribution in [0, 0.1) is 5.92 Å². The van der Waals surface area contributed by atoms with Gasteiger partial charge >= 0.3 is 0 Å². The highest BCUT2D eigenvalue weighted by Gasteiger charge is 2.23. The smallest absolute Gasteiger partial charge is 0.0772 e. The fourth-order valence-corrected chi connectivity index (χ4v) is 3.56. The molecule has 0 aromatic carbocycles. The molecule has 0 amide bonds. The molecule has 1 saturated heterocycles. The normalized spacial score (nSPS) is 31.6. The van der Waals surface area contributed by atoms with Gasteiger partial charge in [-0.1, -0.05) is 76.3 Å². The Bertz CT molecular complexity index is 121. The zero-order valence-electron chi connectivity index (χ0n) is 9.64. The van der Waals surface area contributed by atoms with Gasteiger partial charge < -0.3 is 0 Å². The van der Waals surface area contributed by atoms with E-state index in [4.69, 9.17) is 0 Å². The van der Waals surface area contributed by atoms with Crippen molar-refractivity contribution >= 4 is 7.28 Å². The Morgan fingerprint density at radius 2 is 1.29 bits per heavy atom. The molecule has 1 aliphatic carbocycles. The molecule has 2 fully saturated rings. The standard InChI is InChI=1S/C13H25B/c1-2-5-9-12(8-4-1)13-10-6-3-7-11-14-13/h12-14H,1-11H2. The van der Waals surface area contributed by atoms with Crippen molar-refractivity contribution in [2.45, 2.75) is 76.3 Å². The fourth-order valence-electron chi connectivity index (χ4n) is 3.56. The van der Waals surface area contributed by atoms with E-state index < -0.39 is 0 Å². The maximum absolute atomic E-state index is 1.56. The second-order valence-electron chi connectivity index (χ2n) is 5.50. The van der Waals surface area contributed by atoms with Gasteiger partial charge in [-0.3, -0.25) is 0 Å². The molecular formula is C13H25B. The molecule has 0 bridgehead atoms. The summed E-state index contributed by atoms with van der Waals surface area (Å²) in [5, 5.41) is 0. The van der Waals surface area contributed by atoms with Crippen LogP contribution in [0.25, 0.3) is 0 Å². The average Bonchev–Trinajstić information content (AvgIpc) is 2.62. The van der Waals surface area contributed by atoms with Crippen molar-refractivity contribution in [1.29, 1.82) is 0 Å². The van der Waals surface area contributed by atoms with Crippen molar-refractivity contribution in [1.82, 2.24) is 0 Å². The molecule has 1 atom stereocenters. The minimum absolute atomic E-state index is 1.12. The van der Waals surface area contributed by atoms with Gasteiger partial charge in [0.1, 0.15) is 7.28 Å². The van der Waals surface area contributed by atoms with E-state index in [0.29, 0.717) is 0 Å². The van der Waals surface area contributed by atoms with Crippen molar-refractivity contribution in [2.75, 3.05) is 0 Å². The summed E-state index contributed by atoms with van der Waals surface area (Å²) in [7, 11) is 1.56. The first kappa shape index (κ1) is 10.6. The molecule has 1 saturated carbocycles. The maximum Gasteiger partial charge on any atom is 0.124 e. The minimum Gasteiger partial charge on any atom is -0.0772 e. The second kappa shape index (κ2) is 5.83. The van der Waals surface area contributed by atoms with Gasteiger partial charge in [0, 0.05) is 0 Å². The van der Waals surface area contributed by atoms with Crippen LogP contribution in [0.4, 0.5) is 0 Å². The first-order valence-electron chi connectivity index (χ1n) is 6.97. The van der Waals surface area contributed by atoms with Crippen LogP contribution in [-0.2, 0) is 0 Å². The van der Waals surface area contributed by atoms with Gasteiger partial charge in [0.25, 0.3) is 0 Å². The molecule has 0 radical (unpaired) electrons. The summed E-state index contributed by atoms with van der Waals surface area (Å²) in [4.78, 5) is 0. The topological polar surface area (TPSA) is 0 Å². The molecule has 2 aliphatic rings. The summed E-state index contributed by atoms with van der Waals surface area (Å²) in [5.41, 5.74) is 0. The van der Waals surface area contributed by atoms with E-state index in [9.17, 15) is 0 Å². The third-order valence-corrected chi connectivity index (χ3v) is 4.47. The van der Waals surface area contributed by atoms with E-state index in [1.54, 1.807) is 26.5 Å². The third-order valence-electron chi connectivity index (χ3n) is 4.47. The maximum atomic E-state index is 1.56. The molecule has 0 aromatic rings.